The molecule has 11 heteroatoms. The largest absolute Gasteiger partial charge is 0.454 e. The molecule has 0 saturated heterocycles. The van der Waals surface area contributed by atoms with Crippen molar-refractivity contribution >= 4 is 39.1 Å². The van der Waals surface area contributed by atoms with Crippen LogP contribution < -0.4 is 19.1 Å². The van der Waals surface area contributed by atoms with Gasteiger partial charge in [0.15, 0.2) is 11.5 Å². The Morgan fingerprint density at radius 1 is 1.06 bits per heavy atom. The van der Waals surface area contributed by atoms with Crippen LogP contribution in [-0.4, -0.2) is 56.8 Å². The number of fused-ring (bicyclic) bond motifs is 1. The maximum Gasteiger partial charge on any atom is 0.244 e. The van der Waals surface area contributed by atoms with Gasteiger partial charge in [-0.15, -0.1) is 0 Å². The molecule has 0 fully saturated rings. The first-order chi connectivity index (χ1) is 16.7. The van der Waals surface area contributed by atoms with Crippen LogP contribution in [0.5, 0.6) is 11.5 Å². The number of nitrogens with one attached hydrogen (secondary N) is 1. The van der Waals surface area contributed by atoms with Crippen molar-refractivity contribution in [2.45, 2.75) is 39.8 Å². The van der Waals surface area contributed by atoms with E-state index >= 15 is 0 Å². The van der Waals surface area contributed by atoms with Gasteiger partial charge in [0.05, 0.1) is 11.4 Å². The molecule has 0 spiro atoms. The standard InChI is InChI=1S/C24H30ClN3O6S/c1-4-20(24(30)26-5-2)27(14-17-7-9-18(25)10-8-17)23(29)15-28(35(31,32)6-3)19-11-12-21-22(13-19)34-16-33-21/h7-13,20H,4-6,14-16H2,1-3H3,(H,26,30). The lowest BCUT2D eigenvalue weighted by Gasteiger charge is -2.33. The second-order valence-electron chi connectivity index (χ2n) is 7.91. The lowest BCUT2D eigenvalue weighted by molar-refractivity contribution is -0.140. The summed E-state index contributed by atoms with van der Waals surface area (Å²) in [5.74, 6) is -0.115. The van der Waals surface area contributed by atoms with Crippen molar-refractivity contribution in [3.05, 3.63) is 53.1 Å². The first kappa shape index (κ1) is 26.6. The van der Waals surface area contributed by atoms with Gasteiger partial charge in [-0.1, -0.05) is 30.7 Å². The van der Waals surface area contributed by atoms with Gasteiger partial charge in [0, 0.05) is 24.2 Å². The third-order valence-corrected chi connectivity index (χ3v) is 7.62. The van der Waals surface area contributed by atoms with Crippen LogP contribution in [0.3, 0.4) is 0 Å². The molecular weight excluding hydrogens is 494 g/mol. The van der Waals surface area contributed by atoms with Gasteiger partial charge in [0.25, 0.3) is 0 Å². The SMILES string of the molecule is CCNC(=O)C(CC)N(Cc1ccc(Cl)cc1)C(=O)CN(c1ccc2c(c1)OCO2)S(=O)(=O)CC. The number of halogens is 1. The molecule has 1 unspecified atom stereocenters. The molecule has 0 aromatic heterocycles. The average molecular weight is 524 g/mol. The zero-order valence-electron chi connectivity index (χ0n) is 20.0. The Morgan fingerprint density at radius 3 is 2.37 bits per heavy atom. The van der Waals surface area contributed by atoms with Crippen LogP contribution in [0.15, 0.2) is 42.5 Å². The van der Waals surface area contributed by atoms with Crippen molar-refractivity contribution in [3.8, 4) is 11.5 Å². The van der Waals surface area contributed by atoms with E-state index in [0.717, 1.165) is 9.87 Å². The van der Waals surface area contributed by atoms with E-state index in [4.69, 9.17) is 21.1 Å². The molecule has 0 saturated carbocycles. The summed E-state index contributed by atoms with van der Waals surface area (Å²) in [6, 6.07) is 10.9. The zero-order chi connectivity index (χ0) is 25.6. The van der Waals surface area contributed by atoms with Crippen LogP contribution in [0, 0.1) is 0 Å². The van der Waals surface area contributed by atoms with E-state index in [2.05, 4.69) is 5.32 Å². The molecular formula is C24H30ClN3O6S. The highest BCUT2D eigenvalue weighted by Crippen LogP contribution is 2.36. The summed E-state index contributed by atoms with van der Waals surface area (Å²) in [5.41, 5.74) is 1.04. The number of anilines is 1. The molecule has 1 aliphatic heterocycles. The number of benzene rings is 2. The summed E-state index contributed by atoms with van der Waals surface area (Å²) in [7, 11) is -3.83. The molecule has 1 atom stereocenters. The van der Waals surface area contributed by atoms with Crippen molar-refractivity contribution in [3.63, 3.8) is 0 Å². The van der Waals surface area contributed by atoms with E-state index in [1.807, 2.05) is 0 Å². The van der Waals surface area contributed by atoms with Gasteiger partial charge in [-0.2, -0.15) is 0 Å². The van der Waals surface area contributed by atoms with Crippen LogP contribution >= 0.6 is 11.6 Å². The fraction of sp³-hybridized carbons (Fsp3) is 0.417. The van der Waals surface area contributed by atoms with Gasteiger partial charge in [0.2, 0.25) is 28.6 Å². The van der Waals surface area contributed by atoms with Gasteiger partial charge >= 0.3 is 0 Å². The molecule has 1 N–H and O–H groups in total. The number of hydrogen-bond donors (Lipinski definition) is 1. The van der Waals surface area contributed by atoms with Crippen molar-refractivity contribution in [1.82, 2.24) is 10.2 Å². The summed E-state index contributed by atoms with van der Waals surface area (Å²) >= 11 is 6.00. The molecule has 2 aromatic rings. The van der Waals surface area contributed by atoms with Gasteiger partial charge in [-0.3, -0.25) is 13.9 Å². The number of sulfonamides is 1. The van der Waals surface area contributed by atoms with Crippen molar-refractivity contribution in [2.75, 3.05) is 29.9 Å². The maximum atomic E-state index is 13.7. The summed E-state index contributed by atoms with van der Waals surface area (Å²) in [5, 5.41) is 3.31. The van der Waals surface area contributed by atoms with E-state index in [9.17, 15) is 18.0 Å². The average Bonchev–Trinajstić information content (AvgIpc) is 3.31. The van der Waals surface area contributed by atoms with E-state index in [1.54, 1.807) is 50.2 Å². The van der Waals surface area contributed by atoms with Gasteiger partial charge < -0.3 is 19.7 Å². The van der Waals surface area contributed by atoms with Crippen LogP contribution in [0.25, 0.3) is 0 Å². The summed E-state index contributed by atoms with van der Waals surface area (Å²) in [4.78, 5) is 27.9. The second kappa shape index (κ2) is 11.6. The number of hydrogen-bond acceptors (Lipinski definition) is 6. The van der Waals surface area contributed by atoms with Gasteiger partial charge in [-0.05, 0) is 50.1 Å². The fourth-order valence-corrected chi connectivity index (χ4v) is 4.94. The van der Waals surface area contributed by atoms with E-state index < -0.39 is 28.5 Å². The van der Waals surface area contributed by atoms with Crippen LogP contribution in [0.4, 0.5) is 5.69 Å². The van der Waals surface area contributed by atoms with Crippen molar-refractivity contribution in [2.24, 2.45) is 0 Å². The Hall–Kier alpha value is -2.98. The number of carbonyl (C=O) groups is 2. The fourth-order valence-electron chi connectivity index (χ4n) is 3.76. The Labute approximate surface area is 211 Å². The smallest absolute Gasteiger partial charge is 0.244 e. The van der Waals surface area contributed by atoms with Crippen LogP contribution in [0.2, 0.25) is 5.02 Å². The van der Waals surface area contributed by atoms with Crippen molar-refractivity contribution < 1.29 is 27.5 Å². The molecule has 2 amide bonds. The lowest BCUT2D eigenvalue weighted by Crippen LogP contribution is -2.52. The number of ether oxygens (including phenoxy) is 2. The third kappa shape index (κ3) is 6.37. The highest BCUT2D eigenvalue weighted by Gasteiger charge is 2.32. The Kier molecular flexibility index (Phi) is 8.85. The molecule has 9 nitrogen and oxygen atoms in total. The molecule has 1 aliphatic rings. The molecule has 1 heterocycles. The molecule has 0 radical (unpaired) electrons. The zero-order valence-corrected chi connectivity index (χ0v) is 21.6. The van der Waals surface area contributed by atoms with E-state index in [0.29, 0.717) is 29.5 Å². The monoisotopic (exact) mass is 523 g/mol. The highest BCUT2D eigenvalue weighted by molar-refractivity contribution is 7.92. The Morgan fingerprint density at radius 2 is 1.74 bits per heavy atom. The number of carbonyl (C=O) groups excluding carboxylic acids is 2. The third-order valence-electron chi connectivity index (χ3n) is 5.63. The molecule has 0 aliphatic carbocycles. The first-order valence-corrected chi connectivity index (χ1v) is 13.4. The summed E-state index contributed by atoms with van der Waals surface area (Å²) in [6.07, 6.45) is 0.357. The van der Waals surface area contributed by atoms with E-state index in [1.165, 1.54) is 17.9 Å². The quantitative estimate of drug-likeness (QED) is 0.485. The minimum absolute atomic E-state index is 0.0395. The number of likely N-dealkylation sites (N-methyl/N-ethyl adjacent to an activating group) is 1. The first-order valence-electron chi connectivity index (χ1n) is 11.4. The summed E-state index contributed by atoms with van der Waals surface area (Å²) < 4.78 is 37.8. The minimum atomic E-state index is -3.83. The Bertz CT molecular complexity index is 1160. The van der Waals surface area contributed by atoms with Gasteiger partial charge in [0.1, 0.15) is 12.6 Å². The molecule has 2 aromatic carbocycles. The summed E-state index contributed by atoms with van der Waals surface area (Å²) in [6.45, 7) is 5.20. The second-order valence-corrected chi connectivity index (χ2v) is 10.5. The number of rotatable bonds is 11. The lowest BCUT2D eigenvalue weighted by atomic mass is 10.1. The predicted molar refractivity (Wildman–Crippen MR) is 134 cm³/mol. The van der Waals surface area contributed by atoms with E-state index in [-0.39, 0.29) is 30.7 Å². The number of nitrogens with zero attached hydrogens (tertiary/aromatic N) is 2. The molecule has 0 bridgehead atoms. The van der Waals surface area contributed by atoms with Crippen LogP contribution in [-0.2, 0) is 26.2 Å². The maximum absolute atomic E-state index is 13.7. The van der Waals surface area contributed by atoms with Crippen LogP contribution in [0.1, 0.15) is 32.8 Å². The normalized spacial score (nSPS) is 13.3. The number of amides is 2. The molecule has 35 heavy (non-hydrogen) atoms. The minimum Gasteiger partial charge on any atom is -0.454 e. The van der Waals surface area contributed by atoms with Gasteiger partial charge in [-0.25, -0.2) is 8.42 Å². The molecule has 3 rings (SSSR count). The Balaban J connectivity index is 1.96. The topological polar surface area (TPSA) is 105 Å². The molecule has 190 valence electrons. The van der Waals surface area contributed by atoms with Crippen molar-refractivity contribution in [1.29, 1.82) is 0 Å². The predicted octanol–water partition coefficient (Wildman–Crippen LogP) is 3.17. The highest BCUT2D eigenvalue weighted by atomic mass is 35.5.